The summed E-state index contributed by atoms with van der Waals surface area (Å²) in [6, 6.07) is 0. The number of aldehydes is 1. The van der Waals surface area contributed by atoms with E-state index in [1.165, 1.54) is 0 Å². The molecule has 0 aromatic rings. The number of aliphatic hydroxyl groups excluding tert-OH is 16. The second kappa shape index (κ2) is 19.9. The van der Waals surface area contributed by atoms with Crippen LogP contribution in [-0.4, -0.2) is 250 Å². The fourth-order valence-corrected chi connectivity index (χ4v) is 5.57. The van der Waals surface area contributed by atoms with Gasteiger partial charge in [-0.1, -0.05) is 0 Å². The zero-order valence-corrected chi connectivity index (χ0v) is 26.7. The van der Waals surface area contributed by atoms with Crippen LogP contribution in [0.4, 0.5) is 0 Å². The van der Waals surface area contributed by atoms with Crippen LogP contribution < -0.4 is 0 Å². The lowest BCUT2D eigenvalue weighted by molar-refractivity contribution is -0.388. The summed E-state index contributed by atoms with van der Waals surface area (Å²) in [7, 11) is 0. The maximum atomic E-state index is 11.0. The zero-order valence-electron chi connectivity index (χ0n) is 26.7. The molecule has 4 fully saturated rings. The summed E-state index contributed by atoms with van der Waals surface area (Å²) in [6.45, 7) is -3.88. The molecule has 0 radical (unpaired) electrons. The Morgan fingerprint density at radius 2 is 0.843 bits per heavy atom. The molecule has 0 spiro atoms. The molecule has 300 valence electrons. The van der Waals surface area contributed by atoms with Crippen molar-refractivity contribution in [2.45, 2.75) is 129 Å². The van der Waals surface area contributed by atoms with Gasteiger partial charge in [0.1, 0.15) is 104 Å². The second-order valence-electron chi connectivity index (χ2n) is 12.0. The molecule has 4 saturated heterocycles. The van der Waals surface area contributed by atoms with Crippen molar-refractivity contribution in [2.24, 2.45) is 0 Å². The number of carbonyl (C=O) groups excluding carboxylic acids is 1. The van der Waals surface area contributed by atoms with E-state index < -0.39 is 162 Å². The first-order valence-electron chi connectivity index (χ1n) is 15.7. The highest BCUT2D eigenvalue weighted by molar-refractivity contribution is 5.55. The number of hydrogen-bond acceptors (Lipinski definition) is 24. The van der Waals surface area contributed by atoms with Crippen molar-refractivity contribution in [2.75, 3.05) is 33.0 Å². The highest BCUT2D eigenvalue weighted by atomic mass is 16.8. The molecule has 0 aromatic heterocycles. The Kier molecular flexibility index (Phi) is 17.2. The smallest absolute Gasteiger partial charge is 0.187 e. The Morgan fingerprint density at radius 1 is 0.451 bits per heavy atom. The summed E-state index contributed by atoms with van der Waals surface area (Å²) in [5.74, 6) is 0. The molecule has 24 heteroatoms. The Hall–Kier alpha value is -1.25. The van der Waals surface area contributed by atoms with E-state index in [-0.39, 0.29) is 6.29 Å². The number of aliphatic hydroxyl groups is 16. The third-order valence-electron chi connectivity index (χ3n) is 8.55. The van der Waals surface area contributed by atoms with Crippen LogP contribution in [0.2, 0.25) is 0 Å². The molecule has 0 amide bonds. The minimum Gasteiger partial charge on any atom is -0.394 e. The SMILES string of the molecule is O=C[C@H](O)CO.OC[C@H]1O[C@H](O)[C@H](O)[C@@H](O[C@@H]2O[C@H](CO)[C@H](O[C@H]3O[C@H](CO)[C@@H](O)[C@H](O[C@H]4O[C@H](CO)[C@@H](O)[C@H](O)[C@@H]4O)[C@@H]3O)[C@H](O)[C@H]2O)[C@H]1O. The topological polar surface area (TPSA) is 405 Å². The largest absolute Gasteiger partial charge is 0.394 e. The molecule has 4 rings (SSSR count). The van der Waals surface area contributed by atoms with Crippen molar-refractivity contribution in [3.63, 3.8) is 0 Å². The highest BCUT2D eigenvalue weighted by Gasteiger charge is 2.55. The third-order valence-corrected chi connectivity index (χ3v) is 8.55. The van der Waals surface area contributed by atoms with Crippen molar-refractivity contribution in [1.29, 1.82) is 0 Å². The van der Waals surface area contributed by atoms with E-state index in [2.05, 4.69) is 0 Å². The lowest BCUT2D eigenvalue weighted by atomic mass is 9.95. The second-order valence-corrected chi connectivity index (χ2v) is 12.0. The van der Waals surface area contributed by atoms with E-state index in [1.807, 2.05) is 0 Å². The summed E-state index contributed by atoms with van der Waals surface area (Å²) in [5.41, 5.74) is 0. The molecule has 0 aromatic carbocycles. The van der Waals surface area contributed by atoms with E-state index in [4.69, 9.17) is 43.4 Å². The zero-order chi connectivity index (χ0) is 38.3. The molecular weight excluding hydrogens is 708 g/mol. The first-order chi connectivity index (χ1) is 24.1. The van der Waals surface area contributed by atoms with Gasteiger partial charge in [-0.25, -0.2) is 0 Å². The first-order valence-corrected chi connectivity index (χ1v) is 15.7. The van der Waals surface area contributed by atoms with Gasteiger partial charge in [-0.05, 0) is 0 Å². The monoisotopic (exact) mass is 756 g/mol. The van der Waals surface area contributed by atoms with Gasteiger partial charge in [-0.2, -0.15) is 0 Å². The fourth-order valence-electron chi connectivity index (χ4n) is 5.57. The Morgan fingerprint density at radius 3 is 1.29 bits per heavy atom. The minimum atomic E-state index is -2.04. The quantitative estimate of drug-likeness (QED) is 0.0822. The van der Waals surface area contributed by atoms with Crippen molar-refractivity contribution >= 4 is 6.29 Å². The lowest BCUT2D eigenvalue weighted by Gasteiger charge is -2.49. The average Bonchev–Trinajstić information content (AvgIpc) is 3.13. The standard InChI is InChI=1S/C24H42O21.C3H6O3/c25-1-5-9(29)12(32)14(34)22(40-5)45-20-11(31)7(3-27)41-24(17(20)37)43-18-8(4-28)42-23(15(35)13(18)33)44-19-10(30)6(2-26)39-21(38)16(19)36;4-1-3(6)2-5/h5-38H,1-4H2;1,3,5-6H,2H2/t5-,6-,7-,8-,9-,10+,11-,12+,13-,14+,15-,16-,17+,18+,19+,20+,21+,22-,23+,24-;3-/m10/s1. The summed E-state index contributed by atoms with van der Waals surface area (Å²) in [6.07, 6.45) is -36.6. The summed E-state index contributed by atoms with van der Waals surface area (Å²) >= 11 is 0. The Bertz CT molecular complexity index is 1030. The predicted octanol–water partition coefficient (Wildman–Crippen LogP) is -11.2. The van der Waals surface area contributed by atoms with Crippen LogP contribution in [0.15, 0.2) is 0 Å². The fraction of sp³-hybridized carbons (Fsp3) is 0.963. The van der Waals surface area contributed by atoms with Crippen LogP contribution in [0.3, 0.4) is 0 Å². The highest BCUT2D eigenvalue weighted by Crippen LogP contribution is 2.34. The van der Waals surface area contributed by atoms with Gasteiger partial charge in [0.2, 0.25) is 0 Å². The van der Waals surface area contributed by atoms with Crippen LogP contribution in [-0.2, 0) is 38.0 Å². The van der Waals surface area contributed by atoms with E-state index in [1.54, 1.807) is 0 Å². The van der Waals surface area contributed by atoms with Gasteiger partial charge in [0, 0.05) is 0 Å². The minimum absolute atomic E-state index is 0.278. The van der Waals surface area contributed by atoms with Crippen molar-refractivity contribution in [3.8, 4) is 0 Å². The molecule has 4 heterocycles. The van der Waals surface area contributed by atoms with Crippen LogP contribution >= 0.6 is 0 Å². The van der Waals surface area contributed by atoms with Crippen LogP contribution in [0.5, 0.6) is 0 Å². The van der Waals surface area contributed by atoms with E-state index in [9.17, 15) is 76.3 Å². The van der Waals surface area contributed by atoms with E-state index in [0.717, 1.165) is 0 Å². The molecule has 0 aliphatic carbocycles. The molecular formula is C27H48O24. The van der Waals surface area contributed by atoms with Crippen molar-refractivity contribution in [1.82, 2.24) is 0 Å². The van der Waals surface area contributed by atoms with Crippen LogP contribution in [0, 0.1) is 0 Å². The summed E-state index contributed by atoms with van der Waals surface area (Å²) < 4.78 is 37.5. The normalized spacial score (nSPS) is 48.3. The van der Waals surface area contributed by atoms with Gasteiger partial charge < -0.3 is 120 Å². The number of hydrogen-bond donors (Lipinski definition) is 16. The molecule has 51 heavy (non-hydrogen) atoms. The molecule has 0 saturated carbocycles. The predicted molar refractivity (Wildman–Crippen MR) is 153 cm³/mol. The van der Waals surface area contributed by atoms with Crippen molar-refractivity contribution < 1.29 is 120 Å². The third kappa shape index (κ3) is 10.1. The van der Waals surface area contributed by atoms with Gasteiger partial charge >= 0.3 is 0 Å². The lowest BCUT2D eigenvalue weighted by Crippen LogP contribution is -2.67. The first kappa shape index (κ1) is 44.1. The van der Waals surface area contributed by atoms with E-state index >= 15 is 0 Å². The van der Waals surface area contributed by atoms with Crippen LogP contribution in [0.25, 0.3) is 0 Å². The Labute approximate surface area is 288 Å². The van der Waals surface area contributed by atoms with Gasteiger partial charge in [0.15, 0.2) is 31.4 Å². The molecule has 4 aliphatic rings. The molecule has 24 nitrogen and oxygen atoms in total. The van der Waals surface area contributed by atoms with Gasteiger partial charge in [-0.15, -0.1) is 0 Å². The summed E-state index contributed by atoms with van der Waals surface area (Å²) in [5, 5.41) is 159. The molecule has 0 bridgehead atoms. The average molecular weight is 757 g/mol. The number of ether oxygens (including phenoxy) is 7. The van der Waals surface area contributed by atoms with Gasteiger partial charge in [-0.3, -0.25) is 0 Å². The maximum absolute atomic E-state index is 11.0. The molecule has 0 unspecified atom stereocenters. The molecule has 16 N–H and O–H groups in total. The van der Waals surface area contributed by atoms with Gasteiger partial charge in [0.05, 0.1) is 33.0 Å². The molecule has 4 aliphatic heterocycles. The number of rotatable bonds is 12. The van der Waals surface area contributed by atoms with Crippen molar-refractivity contribution in [3.05, 3.63) is 0 Å². The van der Waals surface area contributed by atoms with Crippen LogP contribution in [0.1, 0.15) is 0 Å². The Balaban J connectivity index is 0.00000107. The summed E-state index contributed by atoms with van der Waals surface area (Å²) in [4.78, 5) is 9.33. The number of carbonyl (C=O) groups is 1. The maximum Gasteiger partial charge on any atom is 0.187 e. The van der Waals surface area contributed by atoms with Gasteiger partial charge in [0.25, 0.3) is 0 Å². The van der Waals surface area contributed by atoms with E-state index in [0.29, 0.717) is 0 Å². The molecule has 21 atom stereocenters.